The van der Waals surface area contributed by atoms with Crippen LogP contribution in [0.2, 0.25) is 0 Å². The topological polar surface area (TPSA) is 84.4 Å². The summed E-state index contributed by atoms with van der Waals surface area (Å²) < 4.78 is 41.8. The molecule has 2 aromatic rings. The van der Waals surface area contributed by atoms with Crippen LogP contribution in [0.15, 0.2) is 42.9 Å². The minimum Gasteiger partial charge on any atom is -0.467 e. The Bertz CT molecular complexity index is 845. The number of hydrogen-bond acceptors (Lipinski definition) is 5. The molecule has 1 N–H and O–H groups in total. The van der Waals surface area contributed by atoms with Gasteiger partial charge >= 0.3 is 6.18 Å². The molecule has 148 valence electrons. The minimum atomic E-state index is -4.56. The lowest BCUT2D eigenvalue weighted by Gasteiger charge is -2.32. The SMILES string of the molecule is O=C(N[C@H]1CCCN(c2cccnc2)C1=O)c1cccnc1OCC(F)(F)F. The molecule has 0 spiro atoms. The third-order valence-electron chi connectivity index (χ3n) is 4.09. The van der Waals surface area contributed by atoms with E-state index in [1.807, 2.05) is 0 Å². The number of nitrogens with one attached hydrogen (secondary N) is 1. The number of alkyl halides is 3. The van der Waals surface area contributed by atoms with E-state index in [9.17, 15) is 22.8 Å². The zero-order valence-corrected chi connectivity index (χ0v) is 14.6. The molecule has 0 bridgehead atoms. The second-order valence-electron chi connectivity index (χ2n) is 6.13. The third-order valence-corrected chi connectivity index (χ3v) is 4.09. The average Bonchev–Trinajstić information content (AvgIpc) is 2.68. The van der Waals surface area contributed by atoms with Crippen LogP contribution >= 0.6 is 0 Å². The van der Waals surface area contributed by atoms with Crippen molar-refractivity contribution in [2.45, 2.75) is 25.1 Å². The van der Waals surface area contributed by atoms with Crippen LogP contribution in [0.3, 0.4) is 0 Å². The van der Waals surface area contributed by atoms with Crippen molar-refractivity contribution in [1.82, 2.24) is 15.3 Å². The van der Waals surface area contributed by atoms with E-state index in [2.05, 4.69) is 20.0 Å². The Hall–Kier alpha value is -3.17. The summed E-state index contributed by atoms with van der Waals surface area (Å²) in [4.78, 5) is 34.5. The van der Waals surface area contributed by atoms with E-state index in [1.165, 1.54) is 23.2 Å². The highest BCUT2D eigenvalue weighted by Gasteiger charge is 2.33. The number of piperidine rings is 1. The summed E-state index contributed by atoms with van der Waals surface area (Å²) in [6.07, 6.45) is 0.859. The fourth-order valence-electron chi connectivity index (χ4n) is 2.84. The Morgan fingerprint density at radius 2 is 2.07 bits per heavy atom. The normalized spacial score (nSPS) is 17.3. The van der Waals surface area contributed by atoms with Crippen molar-refractivity contribution >= 4 is 17.5 Å². The molecule has 3 rings (SSSR count). The van der Waals surface area contributed by atoms with Gasteiger partial charge in [-0.15, -0.1) is 0 Å². The molecule has 2 aromatic heterocycles. The van der Waals surface area contributed by atoms with Gasteiger partial charge in [0.15, 0.2) is 6.61 Å². The molecule has 28 heavy (non-hydrogen) atoms. The number of ether oxygens (including phenoxy) is 1. The van der Waals surface area contributed by atoms with E-state index in [-0.39, 0.29) is 11.5 Å². The molecule has 1 saturated heterocycles. The minimum absolute atomic E-state index is 0.168. The second kappa shape index (κ2) is 8.24. The van der Waals surface area contributed by atoms with Crippen molar-refractivity contribution in [2.75, 3.05) is 18.1 Å². The highest BCUT2D eigenvalue weighted by Crippen LogP contribution is 2.22. The maximum absolute atomic E-state index is 12.7. The quantitative estimate of drug-likeness (QED) is 0.842. The highest BCUT2D eigenvalue weighted by atomic mass is 19.4. The summed E-state index contributed by atoms with van der Waals surface area (Å²) in [6.45, 7) is -1.08. The summed E-state index contributed by atoms with van der Waals surface area (Å²) >= 11 is 0. The van der Waals surface area contributed by atoms with Crippen LogP contribution in [-0.2, 0) is 4.79 Å². The Kier molecular flexibility index (Phi) is 5.76. The van der Waals surface area contributed by atoms with Crippen molar-refractivity contribution in [3.63, 3.8) is 0 Å². The molecule has 3 heterocycles. The second-order valence-corrected chi connectivity index (χ2v) is 6.13. The molecule has 1 aliphatic heterocycles. The molecule has 0 unspecified atom stereocenters. The van der Waals surface area contributed by atoms with Gasteiger partial charge in [0.05, 0.1) is 11.9 Å². The predicted molar refractivity (Wildman–Crippen MR) is 92.9 cm³/mol. The summed E-state index contributed by atoms with van der Waals surface area (Å²) in [5.74, 6) is -1.48. The van der Waals surface area contributed by atoms with E-state index in [0.717, 1.165) is 0 Å². The number of carbonyl (C=O) groups excluding carboxylic acids is 2. The van der Waals surface area contributed by atoms with Gasteiger partial charge in [-0.2, -0.15) is 13.2 Å². The number of rotatable bonds is 5. The van der Waals surface area contributed by atoms with Crippen molar-refractivity contribution < 1.29 is 27.5 Å². The van der Waals surface area contributed by atoms with Gasteiger partial charge in [0.2, 0.25) is 11.8 Å². The highest BCUT2D eigenvalue weighted by molar-refractivity contribution is 6.03. The summed E-state index contributed by atoms with van der Waals surface area (Å²) in [5.41, 5.74) is 0.445. The van der Waals surface area contributed by atoms with E-state index in [0.29, 0.717) is 25.1 Å². The monoisotopic (exact) mass is 394 g/mol. The number of hydrogen-bond donors (Lipinski definition) is 1. The van der Waals surface area contributed by atoms with Crippen LogP contribution in [0.25, 0.3) is 0 Å². The van der Waals surface area contributed by atoms with Gasteiger partial charge < -0.3 is 15.0 Å². The van der Waals surface area contributed by atoms with Crippen molar-refractivity contribution in [2.24, 2.45) is 0 Å². The molecule has 7 nitrogen and oxygen atoms in total. The Balaban J connectivity index is 1.72. The first-order chi connectivity index (χ1) is 13.3. The molecule has 1 atom stereocenters. The smallest absolute Gasteiger partial charge is 0.422 e. The van der Waals surface area contributed by atoms with Crippen molar-refractivity contribution in [1.29, 1.82) is 0 Å². The molecular formula is C18H17F3N4O3. The largest absolute Gasteiger partial charge is 0.467 e. The Morgan fingerprint density at radius 1 is 1.29 bits per heavy atom. The predicted octanol–water partition coefficient (Wildman–Crippen LogP) is 2.34. The summed E-state index contributed by atoms with van der Waals surface area (Å²) in [6, 6.07) is 5.32. The molecular weight excluding hydrogens is 377 g/mol. The molecule has 0 aliphatic carbocycles. The molecule has 1 aliphatic rings. The number of carbonyl (C=O) groups is 2. The van der Waals surface area contributed by atoms with Crippen LogP contribution in [0.4, 0.5) is 18.9 Å². The molecule has 1 fully saturated rings. The summed E-state index contributed by atoms with van der Waals surface area (Å²) in [7, 11) is 0. The van der Waals surface area contributed by atoms with E-state index >= 15 is 0 Å². The first kappa shape index (κ1) is 19.6. The van der Waals surface area contributed by atoms with Gasteiger partial charge in [0, 0.05) is 18.9 Å². The Morgan fingerprint density at radius 3 is 2.79 bits per heavy atom. The fourth-order valence-corrected chi connectivity index (χ4v) is 2.84. The van der Waals surface area contributed by atoms with E-state index in [1.54, 1.807) is 24.5 Å². The zero-order chi connectivity index (χ0) is 20.1. The number of amides is 2. The van der Waals surface area contributed by atoms with Gasteiger partial charge in [-0.3, -0.25) is 14.6 Å². The first-order valence-corrected chi connectivity index (χ1v) is 8.52. The van der Waals surface area contributed by atoms with Crippen molar-refractivity contribution in [3.8, 4) is 5.88 Å². The van der Waals surface area contributed by atoms with Crippen molar-refractivity contribution in [3.05, 3.63) is 48.4 Å². The molecule has 0 saturated carbocycles. The fraction of sp³-hybridized carbons (Fsp3) is 0.333. The zero-order valence-electron chi connectivity index (χ0n) is 14.6. The number of pyridine rings is 2. The third kappa shape index (κ3) is 4.76. The number of nitrogens with zero attached hydrogens (tertiary/aromatic N) is 3. The van der Waals surface area contributed by atoms with E-state index < -0.39 is 30.6 Å². The molecule has 10 heteroatoms. The molecule has 0 aromatic carbocycles. The van der Waals surface area contributed by atoms with E-state index in [4.69, 9.17) is 0 Å². The van der Waals surface area contributed by atoms with Crippen LogP contribution in [-0.4, -0.2) is 47.2 Å². The number of aromatic nitrogens is 2. The molecule has 0 radical (unpaired) electrons. The van der Waals surface area contributed by atoms with Gasteiger partial charge in [0.1, 0.15) is 11.6 Å². The van der Waals surface area contributed by atoms with Gasteiger partial charge in [-0.1, -0.05) is 0 Å². The lowest BCUT2D eigenvalue weighted by molar-refractivity contribution is -0.154. The maximum Gasteiger partial charge on any atom is 0.422 e. The Labute approximate surface area is 158 Å². The van der Waals surface area contributed by atoms with Gasteiger partial charge in [-0.25, -0.2) is 4.98 Å². The maximum atomic E-state index is 12.7. The standard InChI is InChI=1S/C18H17F3N4O3/c19-18(20,21)11-28-16-13(5-2-8-23-16)15(26)24-14-6-3-9-25(17(14)27)12-4-1-7-22-10-12/h1-2,4-5,7-8,10,14H,3,6,9,11H2,(H,24,26)/t14-/m0/s1. The lowest BCUT2D eigenvalue weighted by Crippen LogP contribution is -2.52. The van der Waals surface area contributed by atoms with Gasteiger partial charge in [0.25, 0.3) is 5.91 Å². The first-order valence-electron chi connectivity index (χ1n) is 8.52. The summed E-state index contributed by atoms with van der Waals surface area (Å²) in [5, 5.41) is 2.57. The molecule has 2 amide bonds. The van der Waals surface area contributed by atoms with Gasteiger partial charge in [-0.05, 0) is 37.1 Å². The average molecular weight is 394 g/mol. The van der Waals surface area contributed by atoms with Crippen LogP contribution in [0.5, 0.6) is 5.88 Å². The van der Waals surface area contributed by atoms with Crippen LogP contribution in [0.1, 0.15) is 23.2 Å². The lowest BCUT2D eigenvalue weighted by atomic mass is 10.0. The van der Waals surface area contributed by atoms with Crippen LogP contribution < -0.4 is 15.0 Å². The van der Waals surface area contributed by atoms with Crippen LogP contribution in [0, 0.1) is 0 Å². The number of anilines is 1. The number of halogens is 3.